The van der Waals surface area contributed by atoms with Crippen molar-refractivity contribution in [2.45, 2.75) is 32.0 Å². The SMILES string of the molecule is CCNc1nnc(SCC(=O)c2[nH]c(C)c(C(=O)OCC)c2C)s1. The molecule has 2 aromatic heterocycles. The number of thioether (sulfide) groups is 1. The van der Waals surface area contributed by atoms with Crippen molar-refractivity contribution in [3.8, 4) is 0 Å². The minimum atomic E-state index is -0.408. The maximum Gasteiger partial charge on any atom is 0.340 e. The minimum absolute atomic E-state index is 0.0867. The third-order valence-electron chi connectivity index (χ3n) is 3.26. The first-order chi connectivity index (χ1) is 11.5. The number of nitrogens with zero attached hydrogens (tertiary/aromatic N) is 2. The summed E-state index contributed by atoms with van der Waals surface area (Å²) in [6, 6.07) is 0. The van der Waals surface area contributed by atoms with Crippen LogP contribution in [0.4, 0.5) is 5.13 Å². The Kier molecular flexibility index (Phi) is 6.38. The van der Waals surface area contributed by atoms with E-state index in [0.717, 1.165) is 16.0 Å². The van der Waals surface area contributed by atoms with Gasteiger partial charge in [-0.25, -0.2) is 4.79 Å². The molecule has 2 aromatic rings. The second kappa shape index (κ2) is 8.29. The van der Waals surface area contributed by atoms with Crippen LogP contribution in [-0.2, 0) is 4.74 Å². The first-order valence-corrected chi connectivity index (χ1v) is 9.37. The number of carbonyl (C=O) groups excluding carboxylic acids is 2. The Morgan fingerprint density at radius 3 is 2.71 bits per heavy atom. The fourth-order valence-corrected chi connectivity index (χ4v) is 3.92. The number of aromatic amines is 1. The number of hydrogen-bond acceptors (Lipinski definition) is 8. The van der Waals surface area contributed by atoms with Gasteiger partial charge < -0.3 is 15.0 Å². The summed E-state index contributed by atoms with van der Waals surface area (Å²) in [5.41, 5.74) is 2.15. The fraction of sp³-hybridized carbons (Fsp3) is 0.467. The Morgan fingerprint density at radius 2 is 2.04 bits per heavy atom. The molecule has 0 aliphatic carbocycles. The third kappa shape index (κ3) is 4.15. The summed E-state index contributed by atoms with van der Waals surface area (Å²) >= 11 is 2.74. The second-order valence-electron chi connectivity index (χ2n) is 4.96. The molecule has 0 radical (unpaired) electrons. The van der Waals surface area contributed by atoms with Crippen LogP contribution in [0, 0.1) is 13.8 Å². The Labute approximate surface area is 148 Å². The summed E-state index contributed by atoms with van der Waals surface area (Å²) in [5, 5.41) is 11.8. The second-order valence-corrected chi connectivity index (χ2v) is 7.16. The van der Waals surface area contributed by atoms with Crippen LogP contribution in [0.5, 0.6) is 0 Å². The van der Waals surface area contributed by atoms with Gasteiger partial charge in [0.1, 0.15) is 0 Å². The molecule has 0 unspecified atom stereocenters. The normalized spacial score (nSPS) is 10.7. The number of ketones is 1. The van der Waals surface area contributed by atoms with E-state index in [2.05, 4.69) is 20.5 Å². The molecular formula is C15H20N4O3S2. The largest absolute Gasteiger partial charge is 0.462 e. The van der Waals surface area contributed by atoms with Crippen molar-refractivity contribution >= 4 is 40.0 Å². The third-order valence-corrected chi connectivity index (χ3v) is 5.27. The van der Waals surface area contributed by atoms with E-state index in [1.54, 1.807) is 20.8 Å². The predicted molar refractivity (Wildman–Crippen MR) is 95.4 cm³/mol. The number of anilines is 1. The van der Waals surface area contributed by atoms with Crippen LogP contribution < -0.4 is 5.32 Å². The van der Waals surface area contributed by atoms with Gasteiger partial charge in [0.2, 0.25) is 5.13 Å². The zero-order valence-corrected chi connectivity index (χ0v) is 15.7. The number of Topliss-reactive ketones (excluding diaryl/α,β-unsaturated/α-hetero) is 1. The number of aryl methyl sites for hydroxylation is 1. The summed E-state index contributed by atoms with van der Waals surface area (Å²) < 4.78 is 5.77. The van der Waals surface area contributed by atoms with Crippen LogP contribution in [0.25, 0.3) is 0 Å². The number of aromatic nitrogens is 3. The summed E-state index contributed by atoms with van der Waals surface area (Å²) in [4.78, 5) is 27.4. The topological polar surface area (TPSA) is 97.0 Å². The number of ether oxygens (including phenoxy) is 1. The van der Waals surface area contributed by atoms with E-state index in [1.807, 2.05) is 6.92 Å². The molecular weight excluding hydrogens is 348 g/mol. The summed E-state index contributed by atoms with van der Waals surface area (Å²) in [7, 11) is 0. The van der Waals surface area contributed by atoms with Gasteiger partial charge >= 0.3 is 5.97 Å². The lowest BCUT2D eigenvalue weighted by molar-refractivity contribution is 0.0525. The van der Waals surface area contributed by atoms with Crippen molar-refractivity contribution < 1.29 is 14.3 Å². The van der Waals surface area contributed by atoms with Crippen LogP contribution >= 0.6 is 23.1 Å². The van der Waals surface area contributed by atoms with Crippen LogP contribution in [0.3, 0.4) is 0 Å². The van der Waals surface area contributed by atoms with E-state index in [1.165, 1.54) is 23.1 Å². The molecule has 0 bridgehead atoms. The molecule has 0 aliphatic heterocycles. The molecule has 7 nitrogen and oxygen atoms in total. The maximum atomic E-state index is 12.5. The smallest absolute Gasteiger partial charge is 0.340 e. The number of nitrogens with one attached hydrogen (secondary N) is 2. The quantitative estimate of drug-likeness (QED) is 0.420. The van der Waals surface area contributed by atoms with E-state index in [0.29, 0.717) is 29.1 Å². The fourth-order valence-electron chi connectivity index (χ4n) is 2.23. The number of hydrogen-bond donors (Lipinski definition) is 2. The Hall–Kier alpha value is -1.87. The van der Waals surface area contributed by atoms with Gasteiger partial charge in [0.25, 0.3) is 0 Å². The van der Waals surface area contributed by atoms with E-state index >= 15 is 0 Å². The van der Waals surface area contributed by atoms with Gasteiger partial charge in [-0.15, -0.1) is 10.2 Å². The number of H-pyrrole nitrogens is 1. The van der Waals surface area contributed by atoms with Crippen LogP contribution in [-0.4, -0.2) is 45.8 Å². The van der Waals surface area contributed by atoms with Gasteiger partial charge in [0.05, 0.1) is 23.6 Å². The van der Waals surface area contributed by atoms with E-state index in [-0.39, 0.29) is 11.5 Å². The van der Waals surface area contributed by atoms with Crippen molar-refractivity contribution in [3.05, 3.63) is 22.5 Å². The summed E-state index contributed by atoms with van der Waals surface area (Å²) in [6.45, 7) is 8.32. The highest BCUT2D eigenvalue weighted by atomic mass is 32.2. The molecule has 2 heterocycles. The molecule has 0 fully saturated rings. The first kappa shape index (κ1) is 18.5. The lowest BCUT2D eigenvalue weighted by Crippen LogP contribution is -2.08. The molecule has 9 heteroatoms. The van der Waals surface area contributed by atoms with Crippen molar-refractivity contribution in [1.29, 1.82) is 0 Å². The van der Waals surface area contributed by atoms with E-state index < -0.39 is 5.97 Å². The zero-order chi connectivity index (χ0) is 17.7. The number of rotatable bonds is 8. The molecule has 130 valence electrons. The average molecular weight is 368 g/mol. The highest BCUT2D eigenvalue weighted by Gasteiger charge is 2.23. The Bertz CT molecular complexity index is 739. The zero-order valence-electron chi connectivity index (χ0n) is 14.1. The first-order valence-electron chi connectivity index (χ1n) is 7.57. The molecule has 0 amide bonds. The molecule has 0 saturated carbocycles. The molecule has 24 heavy (non-hydrogen) atoms. The predicted octanol–water partition coefficient (Wildman–Crippen LogP) is 3.07. The molecule has 2 N–H and O–H groups in total. The minimum Gasteiger partial charge on any atom is -0.462 e. The van der Waals surface area contributed by atoms with Crippen molar-refractivity contribution in [3.63, 3.8) is 0 Å². The van der Waals surface area contributed by atoms with Crippen molar-refractivity contribution in [2.24, 2.45) is 0 Å². The van der Waals surface area contributed by atoms with Gasteiger partial charge in [0.15, 0.2) is 10.1 Å². The monoisotopic (exact) mass is 368 g/mol. The molecule has 0 saturated heterocycles. The average Bonchev–Trinajstić information content (AvgIpc) is 3.10. The maximum absolute atomic E-state index is 12.5. The van der Waals surface area contributed by atoms with E-state index in [9.17, 15) is 9.59 Å². The van der Waals surface area contributed by atoms with Gasteiger partial charge in [-0.3, -0.25) is 4.79 Å². The standard InChI is InChI=1S/C15H20N4O3S2/c1-5-16-14-18-19-15(24-14)23-7-10(20)12-8(3)11(9(4)17-12)13(21)22-6-2/h17H,5-7H2,1-4H3,(H,16,18). The van der Waals surface area contributed by atoms with Crippen LogP contribution in [0.15, 0.2) is 4.34 Å². The molecule has 0 spiro atoms. The van der Waals surface area contributed by atoms with E-state index in [4.69, 9.17) is 4.74 Å². The number of esters is 1. The molecule has 0 aliphatic rings. The highest BCUT2D eigenvalue weighted by Crippen LogP contribution is 2.27. The van der Waals surface area contributed by atoms with Gasteiger partial charge in [-0.1, -0.05) is 23.1 Å². The molecule has 0 aromatic carbocycles. The lowest BCUT2D eigenvalue weighted by atomic mass is 10.1. The van der Waals surface area contributed by atoms with Crippen molar-refractivity contribution in [1.82, 2.24) is 15.2 Å². The molecule has 2 rings (SSSR count). The van der Waals surface area contributed by atoms with Gasteiger partial charge in [-0.2, -0.15) is 0 Å². The van der Waals surface area contributed by atoms with Crippen LogP contribution in [0.2, 0.25) is 0 Å². The summed E-state index contributed by atoms with van der Waals surface area (Å²) in [6.07, 6.45) is 0. The lowest BCUT2D eigenvalue weighted by Gasteiger charge is -2.02. The van der Waals surface area contributed by atoms with Gasteiger partial charge in [0, 0.05) is 12.2 Å². The van der Waals surface area contributed by atoms with Crippen molar-refractivity contribution in [2.75, 3.05) is 24.2 Å². The van der Waals surface area contributed by atoms with Gasteiger partial charge in [-0.05, 0) is 33.3 Å². The Balaban J connectivity index is 2.06. The summed E-state index contributed by atoms with van der Waals surface area (Å²) in [5.74, 6) is -0.268. The van der Waals surface area contributed by atoms with Crippen LogP contribution in [0.1, 0.15) is 46.0 Å². The molecule has 0 atom stereocenters. The Morgan fingerprint density at radius 1 is 1.29 bits per heavy atom. The highest BCUT2D eigenvalue weighted by molar-refractivity contribution is 8.01. The number of carbonyl (C=O) groups is 2.